The molecule has 1 atom stereocenters. The van der Waals surface area contributed by atoms with E-state index in [9.17, 15) is 19.7 Å². The third-order valence-electron chi connectivity index (χ3n) is 3.14. The number of fused-ring (bicyclic) bond motifs is 1. The normalized spacial score (nSPS) is 11.9. The lowest BCUT2D eigenvalue weighted by molar-refractivity contribution is -0.383. The van der Waals surface area contributed by atoms with Gasteiger partial charge in [0.1, 0.15) is 17.4 Å². The van der Waals surface area contributed by atoms with Crippen molar-refractivity contribution in [2.75, 3.05) is 7.11 Å². The number of carbonyl (C=O) groups excluding carboxylic acids is 2. The van der Waals surface area contributed by atoms with E-state index < -0.39 is 23.0 Å². The highest BCUT2D eigenvalue weighted by Gasteiger charge is 2.20. The zero-order chi connectivity index (χ0) is 17.0. The van der Waals surface area contributed by atoms with E-state index in [-0.39, 0.29) is 23.3 Å². The van der Waals surface area contributed by atoms with Crippen molar-refractivity contribution in [1.29, 1.82) is 0 Å². The van der Waals surface area contributed by atoms with E-state index in [1.807, 2.05) is 0 Å². The van der Waals surface area contributed by atoms with Gasteiger partial charge in [0, 0.05) is 11.5 Å². The van der Waals surface area contributed by atoms with Gasteiger partial charge in [-0.2, -0.15) is 5.48 Å². The molecule has 23 heavy (non-hydrogen) atoms. The number of H-pyrrole nitrogens is 1. The first-order chi connectivity index (χ1) is 11.0. The molecule has 0 saturated heterocycles. The number of amides is 1. The predicted molar refractivity (Wildman–Crippen MR) is 77.8 cm³/mol. The number of nitrogens with one attached hydrogen (secondary N) is 3. The fraction of sp³-hybridized carbons (Fsp3) is 0.231. The molecule has 0 saturated carbocycles. The molecule has 2 aromatic rings. The number of ether oxygens (including phenoxy) is 1. The van der Waals surface area contributed by atoms with Crippen molar-refractivity contribution in [1.82, 2.24) is 15.8 Å². The van der Waals surface area contributed by atoms with Crippen molar-refractivity contribution in [3.63, 3.8) is 0 Å². The quantitative estimate of drug-likeness (QED) is 0.264. The lowest BCUT2D eigenvalue weighted by atomic mass is 10.2. The number of nitro groups is 1. The molecule has 1 aromatic heterocycles. The van der Waals surface area contributed by atoms with Crippen LogP contribution in [0.25, 0.3) is 10.9 Å². The summed E-state index contributed by atoms with van der Waals surface area (Å²) in [7, 11) is 1.18. The van der Waals surface area contributed by atoms with Gasteiger partial charge in [-0.1, -0.05) is 12.1 Å². The van der Waals surface area contributed by atoms with Gasteiger partial charge in [-0.25, -0.2) is 0 Å². The monoisotopic (exact) mass is 322 g/mol. The lowest BCUT2D eigenvalue weighted by Gasteiger charge is -2.14. The number of aromatic amines is 1. The number of carbonyl (C=O) groups is 2. The summed E-state index contributed by atoms with van der Waals surface area (Å²) in [5, 5.41) is 22.8. The number of nitrogens with zero attached hydrogens (tertiary/aromatic N) is 1. The summed E-state index contributed by atoms with van der Waals surface area (Å²) in [6, 6.07) is 5.87. The standard InChI is InChI=1S/C13H14N4O6/c1-23-11(18)6-10(16-20)15-13(19)8-5-7-3-2-4-9(17(21)22)12(7)14-8/h2-5,10,14,16,20H,6H2,1H3,(H,15,19). The Balaban J connectivity index is 2.22. The zero-order valence-corrected chi connectivity index (χ0v) is 12.0. The molecule has 0 aliphatic rings. The summed E-state index contributed by atoms with van der Waals surface area (Å²) in [6.07, 6.45) is -1.35. The molecule has 0 bridgehead atoms. The van der Waals surface area contributed by atoms with Gasteiger partial charge in [0.05, 0.1) is 18.5 Å². The Hall–Kier alpha value is -2.98. The maximum absolute atomic E-state index is 12.1. The molecule has 0 aliphatic heterocycles. The van der Waals surface area contributed by atoms with E-state index in [4.69, 9.17) is 5.21 Å². The highest BCUT2D eigenvalue weighted by molar-refractivity contribution is 6.00. The number of hydrogen-bond donors (Lipinski definition) is 4. The smallest absolute Gasteiger partial charge is 0.309 e. The zero-order valence-electron chi connectivity index (χ0n) is 12.0. The van der Waals surface area contributed by atoms with Gasteiger partial charge < -0.3 is 20.2 Å². The van der Waals surface area contributed by atoms with Gasteiger partial charge >= 0.3 is 5.97 Å². The Labute approximate surface area is 129 Å². The number of methoxy groups -OCH3 is 1. The fourth-order valence-corrected chi connectivity index (χ4v) is 2.03. The average Bonchev–Trinajstić information content (AvgIpc) is 2.97. The van der Waals surface area contributed by atoms with Crippen LogP contribution in [0.5, 0.6) is 0 Å². The van der Waals surface area contributed by atoms with Gasteiger partial charge in [-0.15, -0.1) is 0 Å². The second-order valence-electron chi connectivity index (χ2n) is 4.62. The number of hydroxylamine groups is 1. The summed E-state index contributed by atoms with van der Waals surface area (Å²) in [5.74, 6) is -1.28. The third kappa shape index (κ3) is 3.62. The van der Waals surface area contributed by atoms with Crippen LogP contribution in [0, 0.1) is 10.1 Å². The molecule has 4 N–H and O–H groups in total. The fourth-order valence-electron chi connectivity index (χ4n) is 2.03. The number of aromatic nitrogens is 1. The highest BCUT2D eigenvalue weighted by atomic mass is 16.6. The van der Waals surface area contributed by atoms with Gasteiger partial charge in [-0.3, -0.25) is 19.7 Å². The van der Waals surface area contributed by atoms with Crippen LogP contribution in [0.3, 0.4) is 0 Å². The van der Waals surface area contributed by atoms with E-state index in [1.165, 1.54) is 25.3 Å². The predicted octanol–water partition coefficient (Wildman–Crippen LogP) is 0.674. The Morgan fingerprint density at radius 3 is 2.83 bits per heavy atom. The molecule has 0 spiro atoms. The summed E-state index contributed by atoms with van der Waals surface area (Å²) in [4.78, 5) is 36.3. The maximum atomic E-state index is 12.1. The van der Waals surface area contributed by atoms with Crippen LogP contribution in [-0.4, -0.2) is 40.3 Å². The molecule has 10 nitrogen and oxygen atoms in total. The van der Waals surface area contributed by atoms with Crippen LogP contribution in [-0.2, 0) is 9.53 Å². The average molecular weight is 322 g/mol. The van der Waals surface area contributed by atoms with E-state index in [0.717, 1.165) is 0 Å². The second-order valence-corrected chi connectivity index (χ2v) is 4.62. The SMILES string of the molecule is COC(=O)CC(NO)NC(=O)c1cc2cccc([N+](=O)[O-])c2[nH]1. The lowest BCUT2D eigenvalue weighted by Crippen LogP contribution is -2.45. The summed E-state index contributed by atoms with van der Waals surface area (Å²) >= 11 is 0. The number of para-hydroxylation sites is 1. The minimum atomic E-state index is -1.06. The van der Waals surface area contributed by atoms with E-state index in [1.54, 1.807) is 11.5 Å². The van der Waals surface area contributed by atoms with Crippen LogP contribution >= 0.6 is 0 Å². The van der Waals surface area contributed by atoms with Crippen molar-refractivity contribution in [2.24, 2.45) is 0 Å². The highest BCUT2D eigenvalue weighted by Crippen LogP contribution is 2.25. The van der Waals surface area contributed by atoms with Crippen molar-refractivity contribution in [3.8, 4) is 0 Å². The first-order valence-corrected chi connectivity index (χ1v) is 6.49. The Morgan fingerprint density at radius 1 is 1.48 bits per heavy atom. The molecule has 122 valence electrons. The first kappa shape index (κ1) is 16.4. The van der Waals surface area contributed by atoms with Gasteiger partial charge in [0.2, 0.25) is 0 Å². The van der Waals surface area contributed by atoms with Crippen LogP contribution in [0.4, 0.5) is 5.69 Å². The van der Waals surface area contributed by atoms with Crippen LogP contribution in [0.2, 0.25) is 0 Å². The molecular weight excluding hydrogens is 308 g/mol. The molecule has 0 aliphatic carbocycles. The van der Waals surface area contributed by atoms with Gasteiger partial charge in [0.25, 0.3) is 11.6 Å². The van der Waals surface area contributed by atoms with Crippen molar-refractivity contribution < 1.29 is 24.5 Å². The Bertz CT molecular complexity index is 756. The topological polar surface area (TPSA) is 147 Å². The van der Waals surface area contributed by atoms with Gasteiger partial charge in [-0.05, 0) is 6.07 Å². The number of non-ortho nitro benzene ring substituents is 1. The molecular formula is C13H14N4O6. The first-order valence-electron chi connectivity index (χ1n) is 6.49. The number of hydrogen-bond acceptors (Lipinski definition) is 7. The largest absolute Gasteiger partial charge is 0.469 e. The third-order valence-corrected chi connectivity index (χ3v) is 3.14. The van der Waals surface area contributed by atoms with Crippen LogP contribution < -0.4 is 10.8 Å². The minimum Gasteiger partial charge on any atom is -0.469 e. The second kappa shape index (κ2) is 6.85. The van der Waals surface area contributed by atoms with Crippen LogP contribution in [0.1, 0.15) is 16.9 Å². The van der Waals surface area contributed by atoms with Crippen molar-refractivity contribution in [2.45, 2.75) is 12.6 Å². The Kier molecular flexibility index (Phi) is 4.88. The van der Waals surface area contributed by atoms with Crippen LogP contribution in [0.15, 0.2) is 24.3 Å². The summed E-state index contributed by atoms with van der Waals surface area (Å²) in [6.45, 7) is 0. The molecule has 2 rings (SSSR count). The molecule has 0 radical (unpaired) electrons. The molecule has 0 fully saturated rings. The van der Waals surface area contributed by atoms with Crippen molar-refractivity contribution in [3.05, 3.63) is 40.1 Å². The molecule has 10 heteroatoms. The number of rotatable bonds is 6. The van der Waals surface area contributed by atoms with E-state index in [2.05, 4.69) is 15.0 Å². The van der Waals surface area contributed by atoms with Crippen molar-refractivity contribution >= 4 is 28.5 Å². The molecule has 1 heterocycles. The summed E-state index contributed by atoms with van der Waals surface area (Å²) < 4.78 is 4.44. The number of esters is 1. The molecule has 1 unspecified atom stereocenters. The molecule has 1 amide bonds. The number of nitro benzene ring substituents is 1. The summed E-state index contributed by atoms with van der Waals surface area (Å²) in [5.41, 5.74) is 1.88. The maximum Gasteiger partial charge on any atom is 0.309 e. The van der Waals surface area contributed by atoms with E-state index >= 15 is 0 Å². The number of benzene rings is 1. The molecule has 1 aromatic carbocycles. The van der Waals surface area contributed by atoms with E-state index in [0.29, 0.717) is 5.39 Å². The minimum absolute atomic E-state index is 0.0550. The Morgan fingerprint density at radius 2 is 2.22 bits per heavy atom. The van der Waals surface area contributed by atoms with Gasteiger partial charge in [0.15, 0.2) is 0 Å².